The Kier molecular flexibility index (Phi) is 8.64. The van der Waals surface area contributed by atoms with Gasteiger partial charge < -0.3 is 15.0 Å². The number of likely N-dealkylation sites (tertiary alicyclic amines) is 2. The molecule has 222 valence electrons. The molecule has 6 nitrogen and oxygen atoms in total. The molecule has 0 saturated carbocycles. The summed E-state index contributed by atoms with van der Waals surface area (Å²) < 4.78 is 22.6. The van der Waals surface area contributed by atoms with Gasteiger partial charge in [0.25, 0.3) is 0 Å². The van der Waals surface area contributed by atoms with Crippen LogP contribution < -0.4 is 5.32 Å². The summed E-state index contributed by atoms with van der Waals surface area (Å²) in [6.45, 7) is 13.0. The number of rotatable bonds is 9. The van der Waals surface area contributed by atoms with Crippen molar-refractivity contribution in [2.45, 2.75) is 63.6 Å². The molecular formula is C34H41ClFN5O. The number of hydrogen-bond acceptors (Lipinski definition) is 5. The Labute approximate surface area is 253 Å². The fourth-order valence-electron chi connectivity index (χ4n) is 6.92. The molecule has 2 bridgehead atoms. The Morgan fingerprint density at radius 1 is 1.10 bits per heavy atom. The van der Waals surface area contributed by atoms with Gasteiger partial charge in [-0.15, -0.1) is 0 Å². The molecule has 42 heavy (non-hydrogen) atoms. The molecule has 3 fully saturated rings. The molecular weight excluding hydrogens is 549 g/mol. The maximum atomic E-state index is 16.5. The SMILES string of the molecule is C=Nc1c(/C(=N\COCCC(C)(C)N2CCCC2)N2CC3CCC(C2)N3)cc(Cl)c(-c2cccc3ccccc23)c1F. The Hall–Kier alpha value is -2.84. The zero-order valence-corrected chi connectivity index (χ0v) is 25.5. The minimum Gasteiger partial charge on any atom is -0.359 e. The van der Waals surface area contributed by atoms with E-state index < -0.39 is 5.82 Å². The quantitative estimate of drug-likeness (QED) is 0.165. The van der Waals surface area contributed by atoms with E-state index in [0.29, 0.717) is 40.7 Å². The molecule has 3 aliphatic rings. The Bertz CT molecular complexity index is 1470. The minimum atomic E-state index is -0.483. The van der Waals surface area contributed by atoms with Crippen molar-refractivity contribution in [1.82, 2.24) is 15.1 Å². The standard InChI is InChI=1S/C34H41ClFN5O/c1-34(2,41-16-6-7-17-41)15-18-42-22-38-33(40-20-24-13-14-25(21-40)39-24)28-19-29(35)30(31(36)32(28)37-3)27-12-8-10-23-9-4-5-11-26(23)27/h4-5,8-12,19,24-25,39H,3,6-7,13-18,20-22H2,1-2H3/b38-33+. The number of ether oxygens (including phenoxy) is 1. The fraction of sp³-hybridized carbons (Fsp3) is 0.471. The number of nitrogens with one attached hydrogen (secondary N) is 1. The van der Waals surface area contributed by atoms with Crippen molar-refractivity contribution in [2.24, 2.45) is 9.98 Å². The van der Waals surface area contributed by atoms with Crippen molar-refractivity contribution in [3.05, 3.63) is 64.9 Å². The number of piperazine rings is 1. The van der Waals surface area contributed by atoms with E-state index >= 15 is 4.39 Å². The lowest BCUT2D eigenvalue weighted by molar-refractivity contribution is 0.0745. The van der Waals surface area contributed by atoms with Crippen molar-refractivity contribution in [1.29, 1.82) is 0 Å². The van der Waals surface area contributed by atoms with E-state index in [9.17, 15) is 0 Å². The lowest BCUT2D eigenvalue weighted by Crippen LogP contribution is -2.53. The van der Waals surface area contributed by atoms with Crippen molar-refractivity contribution in [3.63, 3.8) is 0 Å². The summed E-state index contributed by atoms with van der Waals surface area (Å²) in [7, 11) is 0. The second-order valence-corrected chi connectivity index (χ2v) is 12.9. The van der Waals surface area contributed by atoms with E-state index in [-0.39, 0.29) is 18.0 Å². The monoisotopic (exact) mass is 589 g/mol. The Morgan fingerprint density at radius 2 is 1.81 bits per heavy atom. The van der Waals surface area contributed by atoms with Crippen molar-refractivity contribution >= 4 is 40.6 Å². The average Bonchev–Trinajstić information content (AvgIpc) is 3.65. The number of hydrogen-bond donors (Lipinski definition) is 1. The predicted molar refractivity (Wildman–Crippen MR) is 172 cm³/mol. The number of halogens is 2. The van der Waals surface area contributed by atoms with E-state index in [1.807, 2.05) is 48.5 Å². The topological polar surface area (TPSA) is 52.5 Å². The van der Waals surface area contributed by atoms with Crippen LogP contribution in [0.2, 0.25) is 5.02 Å². The number of fused-ring (bicyclic) bond motifs is 3. The van der Waals surface area contributed by atoms with Crippen LogP contribution in [0.1, 0.15) is 51.5 Å². The van der Waals surface area contributed by atoms with Crippen molar-refractivity contribution in [2.75, 3.05) is 39.5 Å². The number of amidine groups is 1. The van der Waals surface area contributed by atoms with Gasteiger partial charge >= 0.3 is 0 Å². The van der Waals surface area contributed by atoms with Crippen LogP contribution in [0.15, 0.2) is 58.5 Å². The average molecular weight is 590 g/mol. The van der Waals surface area contributed by atoms with Crippen LogP contribution in [-0.4, -0.2) is 79.5 Å². The van der Waals surface area contributed by atoms with Crippen LogP contribution in [-0.2, 0) is 4.74 Å². The second-order valence-electron chi connectivity index (χ2n) is 12.4. The highest BCUT2D eigenvalue weighted by Gasteiger charge is 2.35. The summed E-state index contributed by atoms with van der Waals surface area (Å²) in [6.07, 6.45) is 5.71. The van der Waals surface area contributed by atoms with E-state index in [0.717, 1.165) is 61.8 Å². The summed E-state index contributed by atoms with van der Waals surface area (Å²) in [5.74, 6) is 0.183. The van der Waals surface area contributed by atoms with E-state index in [1.54, 1.807) is 0 Å². The highest BCUT2D eigenvalue weighted by molar-refractivity contribution is 6.34. The number of aliphatic imine (C=N–C) groups is 2. The van der Waals surface area contributed by atoms with Gasteiger partial charge in [0.2, 0.25) is 0 Å². The van der Waals surface area contributed by atoms with Gasteiger partial charge in [0.1, 0.15) is 18.3 Å². The van der Waals surface area contributed by atoms with E-state index in [2.05, 4.69) is 40.7 Å². The molecule has 8 heteroatoms. The third-order valence-corrected chi connectivity index (χ3v) is 9.59. The summed E-state index contributed by atoms with van der Waals surface area (Å²) in [5.41, 5.74) is 1.88. The molecule has 3 heterocycles. The van der Waals surface area contributed by atoms with Gasteiger partial charge in [0, 0.05) is 41.8 Å². The minimum absolute atomic E-state index is 0.0921. The zero-order chi connectivity index (χ0) is 29.3. The van der Waals surface area contributed by atoms with Gasteiger partial charge in [-0.2, -0.15) is 0 Å². The normalized spacial score (nSPS) is 21.4. The molecule has 3 aromatic carbocycles. The van der Waals surface area contributed by atoms with E-state index in [1.165, 1.54) is 12.8 Å². The molecule has 1 N–H and O–H groups in total. The van der Waals surface area contributed by atoms with Crippen LogP contribution in [0.5, 0.6) is 0 Å². The highest BCUT2D eigenvalue weighted by Crippen LogP contribution is 2.42. The van der Waals surface area contributed by atoms with Crippen LogP contribution >= 0.6 is 11.6 Å². The van der Waals surface area contributed by atoms with Gasteiger partial charge in [-0.05, 0) is 88.2 Å². The number of benzene rings is 3. The molecule has 0 aliphatic carbocycles. The first-order valence-corrected chi connectivity index (χ1v) is 15.6. The molecule has 2 unspecified atom stereocenters. The lowest BCUT2D eigenvalue weighted by Gasteiger charge is -2.36. The molecule has 0 aromatic heterocycles. The maximum absolute atomic E-state index is 16.5. The third-order valence-electron chi connectivity index (χ3n) is 9.29. The molecule has 0 radical (unpaired) electrons. The summed E-state index contributed by atoms with van der Waals surface area (Å²) >= 11 is 6.92. The molecule has 3 aliphatic heterocycles. The first-order chi connectivity index (χ1) is 20.4. The number of nitrogens with zero attached hydrogens (tertiary/aromatic N) is 4. The molecule has 3 aromatic rings. The van der Waals surface area contributed by atoms with E-state index in [4.69, 9.17) is 21.3 Å². The summed E-state index contributed by atoms with van der Waals surface area (Å²) in [5, 5.41) is 5.95. The fourth-order valence-corrected chi connectivity index (χ4v) is 7.22. The Balaban J connectivity index is 1.32. The van der Waals surface area contributed by atoms with Crippen molar-refractivity contribution in [3.8, 4) is 11.1 Å². The first kappa shape index (κ1) is 29.2. The lowest BCUT2D eigenvalue weighted by atomic mass is 9.95. The Morgan fingerprint density at radius 3 is 2.55 bits per heavy atom. The highest BCUT2D eigenvalue weighted by atomic mass is 35.5. The van der Waals surface area contributed by atoms with Gasteiger partial charge in [0.15, 0.2) is 5.82 Å². The molecule has 0 spiro atoms. The molecule has 2 atom stereocenters. The maximum Gasteiger partial charge on any atom is 0.158 e. The first-order valence-electron chi connectivity index (χ1n) is 15.2. The van der Waals surface area contributed by atoms with Crippen LogP contribution in [0.3, 0.4) is 0 Å². The second kappa shape index (κ2) is 12.4. The van der Waals surface area contributed by atoms with Gasteiger partial charge in [-0.25, -0.2) is 9.38 Å². The summed E-state index contributed by atoms with van der Waals surface area (Å²) in [6, 6.07) is 16.3. The third kappa shape index (κ3) is 5.85. The van der Waals surface area contributed by atoms with Crippen LogP contribution in [0, 0.1) is 5.82 Å². The largest absolute Gasteiger partial charge is 0.359 e. The predicted octanol–water partition coefficient (Wildman–Crippen LogP) is 7.05. The van der Waals surface area contributed by atoms with Crippen LogP contribution in [0.4, 0.5) is 10.1 Å². The van der Waals surface area contributed by atoms with Crippen LogP contribution in [0.25, 0.3) is 21.9 Å². The smallest absolute Gasteiger partial charge is 0.158 e. The van der Waals surface area contributed by atoms with Gasteiger partial charge in [0.05, 0.1) is 11.6 Å². The molecule has 6 rings (SSSR count). The van der Waals surface area contributed by atoms with Crippen molar-refractivity contribution < 1.29 is 9.13 Å². The molecule has 3 saturated heterocycles. The summed E-state index contributed by atoms with van der Waals surface area (Å²) in [4.78, 5) is 13.9. The van der Waals surface area contributed by atoms with Gasteiger partial charge in [-0.3, -0.25) is 9.89 Å². The molecule has 0 amide bonds. The zero-order valence-electron chi connectivity index (χ0n) is 24.7. The van der Waals surface area contributed by atoms with Gasteiger partial charge in [-0.1, -0.05) is 54.1 Å².